The van der Waals surface area contributed by atoms with Gasteiger partial charge in [-0.15, -0.1) is 11.8 Å². The third kappa shape index (κ3) is 6.25. The van der Waals surface area contributed by atoms with Gasteiger partial charge in [-0.3, -0.25) is 9.59 Å². The fourth-order valence-electron chi connectivity index (χ4n) is 2.21. The summed E-state index contributed by atoms with van der Waals surface area (Å²) in [5.41, 5.74) is 1.50. The molecule has 25 heavy (non-hydrogen) atoms. The molecular weight excluding hydrogens is 336 g/mol. The second-order valence-electron chi connectivity index (χ2n) is 5.64. The molecule has 0 heterocycles. The van der Waals surface area contributed by atoms with Crippen molar-refractivity contribution in [3.05, 3.63) is 60.2 Å². The minimum Gasteiger partial charge on any atom is -0.387 e. The summed E-state index contributed by atoms with van der Waals surface area (Å²) in [7, 11) is 0. The van der Waals surface area contributed by atoms with E-state index in [1.54, 1.807) is 12.1 Å². The largest absolute Gasteiger partial charge is 0.387 e. The Balaban J connectivity index is 1.82. The first-order valence-electron chi connectivity index (χ1n) is 8.00. The lowest BCUT2D eigenvalue weighted by atomic mass is 10.1. The molecule has 0 saturated heterocycles. The molecule has 0 fully saturated rings. The first-order valence-corrected chi connectivity index (χ1v) is 8.88. The Hall–Kier alpha value is -2.31. The summed E-state index contributed by atoms with van der Waals surface area (Å²) in [6.07, 6.45) is -0.723. The monoisotopic (exact) mass is 358 g/mol. The molecule has 132 valence electrons. The van der Waals surface area contributed by atoms with Gasteiger partial charge in [0.05, 0.1) is 11.4 Å². The van der Waals surface area contributed by atoms with Gasteiger partial charge in [-0.1, -0.05) is 30.3 Å². The van der Waals surface area contributed by atoms with Crippen LogP contribution in [0.4, 0.5) is 5.69 Å². The molecule has 2 aromatic carbocycles. The molecule has 0 unspecified atom stereocenters. The zero-order valence-corrected chi connectivity index (χ0v) is 15.0. The third-order valence-electron chi connectivity index (χ3n) is 3.51. The summed E-state index contributed by atoms with van der Waals surface area (Å²) in [4.78, 5) is 24.1. The minimum absolute atomic E-state index is 0.120. The van der Waals surface area contributed by atoms with E-state index in [1.165, 1.54) is 18.7 Å². The van der Waals surface area contributed by atoms with Crippen molar-refractivity contribution < 1.29 is 14.7 Å². The van der Waals surface area contributed by atoms with Crippen molar-refractivity contribution in [2.45, 2.75) is 30.1 Å². The SMILES string of the molecule is CC(=O)Nc1ccc(S[C@@H](C)C(=O)NC[C@@H](O)c2ccccc2)cc1. The molecule has 0 aliphatic heterocycles. The van der Waals surface area contributed by atoms with Crippen molar-refractivity contribution in [1.29, 1.82) is 0 Å². The minimum atomic E-state index is -0.723. The molecule has 0 aliphatic rings. The van der Waals surface area contributed by atoms with Crippen molar-refractivity contribution >= 4 is 29.3 Å². The van der Waals surface area contributed by atoms with Crippen LogP contribution < -0.4 is 10.6 Å². The van der Waals surface area contributed by atoms with Gasteiger partial charge in [-0.2, -0.15) is 0 Å². The summed E-state index contributed by atoms with van der Waals surface area (Å²) >= 11 is 1.42. The summed E-state index contributed by atoms with van der Waals surface area (Å²) in [6, 6.07) is 16.5. The van der Waals surface area contributed by atoms with Crippen LogP contribution in [-0.4, -0.2) is 28.7 Å². The van der Waals surface area contributed by atoms with Gasteiger partial charge in [0, 0.05) is 24.1 Å². The van der Waals surface area contributed by atoms with Crippen LogP contribution in [0, 0.1) is 0 Å². The van der Waals surface area contributed by atoms with Crippen LogP contribution in [0.15, 0.2) is 59.5 Å². The maximum Gasteiger partial charge on any atom is 0.233 e. The van der Waals surface area contributed by atoms with E-state index in [0.717, 1.165) is 16.1 Å². The van der Waals surface area contributed by atoms with E-state index in [9.17, 15) is 14.7 Å². The molecule has 0 bridgehead atoms. The second-order valence-corrected chi connectivity index (χ2v) is 7.05. The van der Waals surface area contributed by atoms with Crippen LogP contribution in [0.5, 0.6) is 0 Å². The number of nitrogens with one attached hydrogen (secondary N) is 2. The molecule has 5 nitrogen and oxygen atoms in total. The van der Waals surface area contributed by atoms with Gasteiger partial charge in [0.25, 0.3) is 0 Å². The van der Waals surface area contributed by atoms with E-state index in [0.29, 0.717) is 0 Å². The first kappa shape index (κ1) is 19.0. The van der Waals surface area contributed by atoms with Crippen LogP contribution in [0.25, 0.3) is 0 Å². The molecule has 0 saturated carbocycles. The number of amides is 2. The quantitative estimate of drug-likeness (QED) is 0.665. The highest BCUT2D eigenvalue weighted by atomic mass is 32.2. The first-order chi connectivity index (χ1) is 12.0. The standard InChI is InChI=1S/C19H22N2O3S/c1-13(25-17-10-8-16(9-11-17)21-14(2)22)19(24)20-12-18(23)15-6-4-3-5-7-15/h3-11,13,18,23H,12H2,1-2H3,(H,20,24)(H,21,22)/t13-,18+/m0/s1. The van der Waals surface area contributed by atoms with Gasteiger partial charge >= 0.3 is 0 Å². The Morgan fingerprint density at radius 2 is 1.72 bits per heavy atom. The molecule has 3 N–H and O–H groups in total. The predicted octanol–water partition coefficient (Wildman–Crippen LogP) is 2.98. The number of carbonyl (C=O) groups excluding carboxylic acids is 2. The molecule has 2 amide bonds. The van der Waals surface area contributed by atoms with Crippen LogP contribution in [-0.2, 0) is 9.59 Å². The van der Waals surface area contributed by atoms with E-state index < -0.39 is 6.10 Å². The summed E-state index contributed by atoms with van der Waals surface area (Å²) in [5, 5.41) is 15.3. The van der Waals surface area contributed by atoms with Crippen molar-refractivity contribution in [1.82, 2.24) is 5.32 Å². The zero-order chi connectivity index (χ0) is 18.2. The maximum atomic E-state index is 12.2. The molecular formula is C19H22N2O3S. The van der Waals surface area contributed by atoms with E-state index in [-0.39, 0.29) is 23.6 Å². The van der Waals surface area contributed by atoms with Gasteiger partial charge < -0.3 is 15.7 Å². The van der Waals surface area contributed by atoms with Gasteiger partial charge in [0.1, 0.15) is 0 Å². The fourth-order valence-corrected chi connectivity index (χ4v) is 3.10. The number of hydrogen-bond acceptors (Lipinski definition) is 4. The average Bonchev–Trinajstić information content (AvgIpc) is 2.61. The van der Waals surface area contributed by atoms with Gasteiger partial charge in [-0.05, 0) is 36.8 Å². The molecule has 0 aliphatic carbocycles. The van der Waals surface area contributed by atoms with Crippen molar-refractivity contribution in [2.24, 2.45) is 0 Å². The van der Waals surface area contributed by atoms with Crippen LogP contribution in [0.1, 0.15) is 25.5 Å². The van der Waals surface area contributed by atoms with Crippen LogP contribution in [0.2, 0.25) is 0 Å². The van der Waals surface area contributed by atoms with Gasteiger partial charge in [0.15, 0.2) is 0 Å². The molecule has 0 spiro atoms. The Bertz CT molecular complexity index is 704. The van der Waals surface area contributed by atoms with Gasteiger partial charge in [0.2, 0.25) is 11.8 Å². The zero-order valence-electron chi connectivity index (χ0n) is 14.2. The lowest BCUT2D eigenvalue weighted by Gasteiger charge is -2.15. The van der Waals surface area contributed by atoms with Crippen molar-refractivity contribution in [3.63, 3.8) is 0 Å². The lowest BCUT2D eigenvalue weighted by molar-refractivity contribution is -0.120. The fraction of sp³-hybridized carbons (Fsp3) is 0.263. The summed E-state index contributed by atoms with van der Waals surface area (Å²) < 4.78 is 0. The number of rotatable bonds is 7. The molecule has 2 atom stereocenters. The van der Waals surface area contributed by atoms with E-state index in [2.05, 4.69) is 10.6 Å². The number of hydrogen-bond donors (Lipinski definition) is 3. The van der Waals surface area contributed by atoms with E-state index >= 15 is 0 Å². The van der Waals surface area contributed by atoms with Crippen LogP contribution in [0.3, 0.4) is 0 Å². The number of carbonyl (C=O) groups is 2. The Morgan fingerprint density at radius 1 is 1.08 bits per heavy atom. The molecule has 6 heteroatoms. The number of benzene rings is 2. The summed E-state index contributed by atoms with van der Waals surface area (Å²) in [5.74, 6) is -0.254. The van der Waals surface area contributed by atoms with Gasteiger partial charge in [-0.25, -0.2) is 0 Å². The Labute approximate surface area is 151 Å². The topological polar surface area (TPSA) is 78.4 Å². The lowest BCUT2D eigenvalue weighted by Crippen LogP contribution is -2.34. The molecule has 2 aromatic rings. The smallest absolute Gasteiger partial charge is 0.233 e. The normalized spacial score (nSPS) is 12.9. The van der Waals surface area contributed by atoms with Crippen molar-refractivity contribution in [3.8, 4) is 0 Å². The number of aliphatic hydroxyl groups excluding tert-OH is 1. The number of anilines is 1. The third-order valence-corrected chi connectivity index (χ3v) is 4.62. The van der Waals surface area contributed by atoms with Crippen molar-refractivity contribution in [2.75, 3.05) is 11.9 Å². The molecule has 2 rings (SSSR count). The highest BCUT2D eigenvalue weighted by molar-refractivity contribution is 8.00. The summed E-state index contributed by atoms with van der Waals surface area (Å²) in [6.45, 7) is 3.45. The van der Waals surface area contributed by atoms with E-state index in [4.69, 9.17) is 0 Å². The van der Waals surface area contributed by atoms with E-state index in [1.807, 2.05) is 49.4 Å². The number of aliphatic hydroxyl groups is 1. The second kappa shape index (κ2) is 9.25. The average molecular weight is 358 g/mol. The molecule has 0 radical (unpaired) electrons. The highest BCUT2D eigenvalue weighted by Crippen LogP contribution is 2.25. The molecule has 0 aromatic heterocycles. The highest BCUT2D eigenvalue weighted by Gasteiger charge is 2.16. The Kier molecular flexibility index (Phi) is 7.03. The Morgan fingerprint density at radius 3 is 2.32 bits per heavy atom. The maximum absolute atomic E-state index is 12.2. The number of thioether (sulfide) groups is 1. The predicted molar refractivity (Wildman–Crippen MR) is 100 cm³/mol. The van der Waals surface area contributed by atoms with Crippen LogP contribution >= 0.6 is 11.8 Å².